The van der Waals surface area contributed by atoms with Gasteiger partial charge in [-0.15, -0.1) is 0 Å². The first-order valence-corrected chi connectivity index (χ1v) is 10.8. The number of hydrogen-bond acceptors (Lipinski definition) is 2. The van der Waals surface area contributed by atoms with Crippen LogP contribution in [0.4, 0.5) is 18.9 Å². The first-order chi connectivity index (χ1) is 15.1. The van der Waals surface area contributed by atoms with Crippen LogP contribution >= 0.6 is 0 Å². The van der Waals surface area contributed by atoms with Crippen molar-refractivity contribution in [1.82, 2.24) is 0 Å². The van der Waals surface area contributed by atoms with Crippen LogP contribution in [0.2, 0.25) is 0 Å². The van der Waals surface area contributed by atoms with Gasteiger partial charge in [-0.3, -0.25) is 0 Å². The average molecular weight is 440 g/mol. The number of fused-ring (bicyclic) bond motifs is 1. The van der Waals surface area contributed by atoms with Crippen molar-refractivity contribution in [2.75, 3.05) is 18.0 Å². The zero-order chi connectivity index (χ0) is 23.1. The van der Waals surface area contributed by atoms with Crippen molar-refractivity contribution in [3.63, 3.8) is 0 Å². The summed E-state index contributed by atoms with van der Waals surface area (Å²) in [6.07, 6.45) is -6.40. The van der Waals surface area contributed by atoms with Gasteiger partial charge in [0.05, 0.1) is 6.54 Å². The molecule has 0 saturated carbocycles. The van der Waals surface area contributed by atoms with Crippen LogP contribution in [0.25, 0.3) is 0 Å². The summed E-state index contributed by atoms with van der Waals surface area (Å²) in [5, 5.41) is 9.91. The number of β-amino-alcohol motifs (C(OH)–C–C–N with tert-alkyl or cyclic N) is 1. The molecule has 0 amide bonds. The summed E-state index contributed by atoms with van der Waals surface area (Å²) in [5.74, 6) is 0. The summed E-state index contributed by atoms with van der Waals surface area (Å²) in [6, 6.07) is 22.4. The Hall–Kier alpha value is -2.79. The Balaban J connectivity index is 1.89. The number of para-hydroxylation sites is 1. The fourth-order valence-corrected chi connectivity index (χ4v) is 5.04. The van der Waals surface area contributed by atoms with Gasteiger partial charge in [-0.05, 0) is 49.4 Å². The number of halogens is 3. The van der Waals surface area contributed by atoms with Crippen LogP contribution in [0.15, 0.2) is 66.7 Å². The van der Waals surface area contributed by atoms with E-state index in [2.05, 4.69) is 24.3 Å². The molecule has 0 saturated heterocycles. The molecule has 168 valence electrons. The maximum absolute atomic E-state index is 13.3. The van der Waals surface area contributed by atoms with E-state index in [1.54, 1.807) is 4.90 Å². The summed E-state index contributed by atoms with van der Waals surface area (Å²) in [6.45, 7) is 5.88. The van der Waals surface area contributed by atoms with Crippen molar-refractivity contribution in [2.24, 2.45) is 0 Å². The minimum absolute atomic E-state index is 0.373. The maximum atomic E-state index is 13.3. The highest BCUT2D eigenvalue weighted by atomic mass is 19.4. The number of benzene rings is 3. The van der Waals surface area contributed by atoms with E-state index in [0.29, 0.717) is 13.0 Å². The van der Waals surface area contributed by atoms with Gasteiger partial charge < -0.3 is 10.0 Å². The molecule has 32 heavy (non-hydrogen) atoms. The van der Waals surface area contributed by atoms with E-state index in [9.17, 15) is 18.3 Å². The molecule has 0 bridgehead atoms. The molecule has 1 N–H and O–H groups in total. The normalized spacial score (nSPS) is 19.2. The third-order valence-corrected chi connectivity index (χ3v) is 6.46. The Morgan fingerprint density at radius 3 is 2.25 bits per heavy atom. The first kappa shape index (κ1) is 22.4. The molecule has 0 fully saturated rings. The maximum Gasteiger partial charge on any atom is 0.416 e. The second-order valence-corrected chi connectivity index (χ2v) is 9.03. The first-order valence-electron chi connectivity index (χ1n) is 10.8. The number of alkyl halides is 3. The SMILES string of the molecule is Cc1cccc(CC2(c3cccc(C)c3)CN(C[C@@H](O)C(F)(F)F)c3c(C)cccc32)c1. The largest absolute Gasteiger partial charge is 0.416 e. The van der Waals surface area contributed by atoms with Crippen LogP contribution in [0.3, 0.4) is 0 Å². The van der Waals surface area contributed by atoms with Crippen molar-refractivity contribution in [2.45, 2.75) is 44.9 Å². The number of aliphatic hydroxyl groups is 1. The predicted molar refractivity (Wildman–Crippen MR) is 122 cm³/mol. The highest BCUT2D eigenvalue weighted by Crippen LogP contribution is 2.49. The van der Waals surface area contributed by atoms with Gasteiger partial charge in [0.1, 0.15) is 0 Å². The monoisotopic (exact) mass is 439 g/mol. The summed E-state index contributed by atoms with van der Waals surface area (Å²) in [4.78, 5) is 1.72. The van der Waals surface area contributed by atoms with Crippen LogP contribution in [-0.4, -0.2) is 30.5 Å². The van der Waals surface area contributed by atoms with E-state index in [-0.39, 0.29) is 0 Å². The highest BCUT2D eigenvalue weighted by Gasteiger charge is 2.47. The Morgan fingerprint density at radius 1 is 0.938 bits per heavy atom. The summed E-state index contributed by atoms with van der Waals surface area (Å²) < 4.78 is 39.8. The lowest BCUT2D eigenvalue weighted by atomic mass is 9.71. The van der Waals surface area contributed by atoms with Gasteiger partial charge in [0.2, 0.25) is 0 Å². The molecule has 3 aromatic carbocycles. The van der Waals surface area contributed by atoms with Gasteiger partial charge in [0, 0.05) is 17.6 Å². The van der Waals surface area contributed by atoms with Gasteiger partial charge in [-0.25, -0.2) is 0 Å². The van der Waals surface area contributed by atoms with Crippen molar-refractivity contribution < 1.29 is 18.3 Å². The van der Waals surface area contributed by atoms with Crippen LogP contribution in [-0.2, 0) is 11.8 Å². The lowest BCUT2D eigenvalue weighted by Gasteiger charge is -2.33. The molecule has 3 aromatic rings. The topological polar surface area (TPSA) is 23.5 Å². The zero-order valence-electron chi connectivity index (χ0n) is 18.6. The Bertz CT molecular complexity index is 1120. The molecule has 4 rings (SSSR count). The van der Waals surface area contributed by atoms with E-state index >= 15 is 0 Å². The fourth-order valence-electron chi connectivity index (χ4n) is 5.04. The predicted octanol–water partition coefficient (Wildman–Crippen LogP) is 5.88. The van der Waals surface area contributed by atoms with Crippen molar-refractivity contribution in [3.05, 3.63) is 100 Å². The van der Waals surface area contributed by atoms with Gasteiger partial charge in [0.15, 0.2) is 6.10 Å². The van der Waals surface area contributed by atoms with E-state index in [0.717, 1.165) is 39.1 Å². The quantitative estimate of drug-likeness (QED) is 0.536. The van der Waals surface area contributed by atoms with Crippen molar-refractivity contribution in [3.8, 4) is 0 Å². The van der Waals surface area contributed by atoms with Gasteiger partial charge in [-0.1, -0.05) is 77.9 Å². The highest BCUT2D eigenvalue weighted by molar-refractivity contribution is 5.70. The lowest BCUT2D eigenvalue weighted by molar-refractivity contribution is -0.200. The number of aliphatic hydroxyl groups excluding tert-OH is 1. The lowest BCUT2D eigenvalue weighted by Crippen LogP contribution is -2.44. The summed E-state index contributed by atoms with van der Waals surface area (Å²) in [7, 11) is 0. The third kappa shape index (κ3) is 4.14. The van der Waals surface area contributed by atoms with E-state index in [1.807, 2.05) is 63.2 Å². The van der Waals surface area contributed by atoms with Crippen molar-refractivity contribution in [1.29, 1.82) is 0 Å². The summed E-state index contributed by atoms with van der Waals surface area (Å²) >= 11 is 0. The summed E-state index contributed by atoms with van der Waals surface area (Å²) in [5.41, 5.74) is 6.67. The Kier molecular flexibility index (Phi) is 5.80. The second kappa shape index (κ2) is 8.28. The Labute approximate surface area is 187 Å². The van der Waals surface area contributed by atoms with Crippen LogP contribution in [0, 0.1) is 20.8 Å². The van der Waals surface area contributed by atoms with Gasteiger partial charge in [-0.2, -0.15) is 13.2 Å². The van der Waals surface area contributed by atoms with Crippen LogP contribution in [0.5, 0.6) is 0 Å². The molecule has 2 nitrogen and oxygen atoms in total. The van der Waals surface area contributed by atoms with E-state index < -0.39 is 24.2 Å². The number of nitrogens with zero attached hydrogens (tertiary/aromatic N) is 1. The molecule has 0 aromatic heterocycles. The molecule has 1 unspecified atom stereocenters. The minimum atomic E-state index is -4.66. The third-order valence-electron chi connectivity index (χ3n) is 6.46. The van der Waals surface area contributed by atoms with E-state index in [1.165, 1.54) is 0 Å². The van der Waals surface area contributed by atoms with Crippen molar-refractivity contribution >= 4 is 5.69 Å². The number of aryl methyl sites for hydroxylation is 3. The average Bonchev–Trinajstić information content (AvgIpc) is 3.03. The second-order valence-electron chi connectivity index (χ2n) is 9.03. The minimum Gasteiger partial charge on any atom is -0.382 e. The molecular formula is C27H28F3NO. The molecule has 2 atom stereocenters. The molecule has 0 aliphatic carbocycles. The number of rotatable bonds is 5. The van der Waals surface area contributed by atoms with E-state index in [4.69, 9.17) is 0 Å². The molecule has 1 aliphatic rings. The van der Waals surface area contributed by atoms with Gasteiger partial charge >= 0.3 is 6.18 Å². The molecule has 1 heterocycles. The standard InChI is InChI=1S/C27H28F3NO/c1-18-7-4-10-21(13-18)15-26(22-11-5-8-19(2)14-22)17-31(16-24(32)27(28,29)30)25-20(3)9-6-12-23(25)26/h4-14,24,32H,15-17H2,1-3H3/t24-,26?/m1/s1. The molecule has 1 aliphatic heterocycles. The fraction of sp³-hybridized carbons (Fsp3) is 0.333. The number of anilines is 1. The molecular weight excluding hydrogens is 411 g/mol. The number of hydrogen-bond donors (Lipinski definition) is 1. The molecule has 0 spiro atoms. The van der Waals surface area contributed by atoms with Crippen LogP contribution in [0.1, 0.15) is 33.4 Å². The molecule has 5 heteroatoms. The van der Waals surface area contributed by atoms with Crippen LogP contribution < -0.4 is 4.90 Å². The Morgan fingerprint density at radius 2 is 1.59 bits per heavy atom. The zero-order valence-corrected chi connectivity index (χ0v) is 18.6. The molecule has 0 radical (unpaired) electrons. The van der Waals surface area contributed by atoms with Gasteiger partial charge in [0.25, 0.3) is 0 Å². The smallest absolute Gasteiger partial charge is 0.382 e.